The average Bonchev–Trinajstić information content (AvgIpc) is 2.97. The van der Waals surface area contributed by atoms with Crippen molar-refractivity contribution in [1.29, 1.82) is 0 Å². The van der Waals surface area contributed by atoms with Crippen LogP contribution in [0.2, 0.25) is 5.02 Å². The summed E-state index contributed by atoms with van der Waals surface area (Å²) in [5, 5.41) is 3.69. The molecule has 0 aliphatic carbocycles. The number of halogens is 1. The van der Waals surface area contributed by atoms with Gasteiger partial charge >= 0.3 is 0 Å². The van der Waals surface area contributed by atoms with Gasteiger partial charge in [-0.1, -0.05) is 43.6 Å². The van der Waals surface area contributed by atoms with Crippen LogP contribution >= 0.6 is 11.6 Å². The Bertz CT molecular complexity index is 999. The molecule has 0 aromatic heterocycles. The van der Waals surface area contributed by atoms with E-state index in [9.17, 15) is 9.59 Å². The molecule has 0 unspecified atom stereocenters. The standard InChI is InChI=1S/C24H27ClN2O4/c1-15(2)14-31-19-9-6-17(7-10-19)21-22(24(29)27(23(21)28)11-12-30-4)26-20-13-18(25)8-5-16(20)3/h5-10,13,15,26H,11-12,14H2,1-4H3. The zero-order chi connectivity index (χ0) is 22.5. The minimum absolute atomic E-state index is 0.174. The first-order valence-corrected chi connectivity index (χ1v) is 10.6. The van der Waals surface area contributed by atoms with Crippen LogP contribution in [-0.2, 0) is 14.3 Å². The Morgan fingerprint density at radius 1 is 1.06 bits per heavy atom. The van der Waals surface area contributed by atoms with Crippen molar-refractivity contribution in [3.8, 4) is 5.75 Å². The number of anilines is 1. The van der Waals surface area contributed by atoms with Crippen LogP contribution in [0.25, 0.3) is 5.57 Å². The molecule has 2 amide bonds. The highest BCUT2D eigenvalue weighted by Gasteiger charge is 2.39. The van der Waals surface area contributed by atoms with Gasteiger partial charge < -0.3 is 14.8 Å². The van der Waals surface area contributed by atoms with Gasteiger partial charge in [-0.15, -0.1) is 0 Å². The fourth-order valence-electron chi connectivity index (χ4n) is 3.19. The van der Waals surface area contributed by atoms with Gasteiger partial charge in [-0.05, 0) is 48.2 Å². The summed E-state index contributed by atoms with van der Waals surface area (Å²) in [7, 11) is 1.53. The largest absolute Gasteiger partial charge is 0.493 e. The van der Waals surface area contributed by atoms with Crippen LogP contribution < -0.4 is 10.1 Å². The molecule has 0 spiro atoms. The summed E-state index contributed by atoms with van der Waals surface area (Å²) in [5.74, 6) is 0.366. The lowest BCUT2D eigenvalue weighted by Crippen LogP contribution is -2.35. The summed E-state index contributed by atoms with van der Waals surface area (Å²) in [6.45, 7) is 7.09. The minimum Gasteiger partial charge on any atom is -0.493 e. The zero-order valence-electron chi connectivity index (χ0n) is 18.2. The maximum absolute atomic E-state index is 13.2. The van der Waals surface area contributed by atoms with E-state index in [-0.39, 0.29) is 24.8 Å². The molecule has 0 saturated carbocycles. The number of imide groups is 1. The van der Waals surface area contributed by atoms with Crippen molar-refractivity contribution in [1.82, 2.24) is 4.90 Å². The van der Waals surface area contributed by atoms with Crippen molar-refractivity contribution in [2.24, 2.45) is 5.92 Å². The lowest BCUT2D eigenvalue weighted by Gasteiger charge is -2.15. The Balaban J connectivity index is 1.98. The second-order valence-corrected chi connectivity index (χ2v) is 8.25. The van der Waals surface area contributed by atoms with Crippen molar-refractivity contribution in [2.45, 2.75) is 20.8 Å². The van der Waals surface area contributed by atoms with Crippen molar-refractivity contribution in [3.05, 3.63) is 64.3 Å². The molecule has 0 atom stereocenters. The molecule has 6 nitrogen and oxygen atoms in total. The number of carbonyl (C=O) groups excluding carboxylic acids is 2. The molecule has 0 fully saturated rings. The van der Waals surface area contributed by atoms with E-state index in [1.807, 2.05) is 25.1 Å². The zero-order valence-corrected chi connectivity index (χ0v) is 19.0. The molecule has 2 aromatic rings. The predicted octanol–water partition coefficient (Wildman–Crippen LogP) is 4.52. The number of methoxy groups -OCH3 is 1. The van der Waals surface area contributed by atoms with Gasteiger partial charge in [0, 0.05) is 17.8 Å². The van der Waals surface area contributed by atoms with Crippen molar-refractivity contribution in [2.75, 3.05) is 32.2 Å². The molecule has 1 N–H and O–H groups in total. The Morgan fingerprint density at radius 3 is 2.42 bits per heavy atom. The number of hydrogen-bond donors (Lipinski definition) is 1. The summed E-state index contributed by atoms with van der Waals surface area (Å²) in [4.78, 5) is 27.5. The van der Waals surface area contributed by atoms with Gasteiger partial charge in [-0.3, -0.25) is 14.5 Å². The molecule has 3 rings (SSSR count). The summed E-state index contributed by atoms with van der Waals surface area (Å²) in [6.07, 6.45) is 0. The van der Waals surface area contributed by atoms with Crippen LogP contribution in [0.15, 0.2) is 48.2 Å². The molecule has 0 bridgehead atoms. The molecular weight excluding hydrogens is 416 g/mol. The van der Waals surface area contributed by atoms with Crippen molar-refractivity contribution >= 4 is 34.7 Å². The Labute approximate surface area is 187 Å². The monoisotopic (exact) mass is 442 g/mol. The van der Waals surface area contributed by atoms with Gasteiger partial charge in [0.1, 0.15) is 11.4 Å². The van der Waals surface area contributed by atoms with E-state index in [0.717, 1.165) is 5.56 Å². The molecule has 31 heavy (non-hydrogen) atoms. The van der Waals surface area contributed by atoms with E-state index in [2.05, 4.69) is 19.2 Å². The Kier molecular flexibility index (Phi) is 7.36. The molecule has 164 valence electrons. The van der Waals surface area contributed by atoms with Gasteiger partial charge in [0.25, 0.3) is 11.8 Å². The van der Waals surface area contributed by atoms with Gasteiger partial charge in [0.2, 0.25) is 0 Å². The first kappa shape index (κ1) is 22.8. The Morgan fingerprint density at radius 2 is 1.77 bits per heavy atom. The topological polar surface area (TPSA) is 67.9 Å². The third kappa shape index (κ3) is 5.27. The third-order valence-electron chi connectivity index (χ3n) is 4.87. The molecule has 0 radical (unpaired) electrons. The number of ether oxygens (including phenoxy) is 2. The predicted molar refractivity (Wildman–Crippen MR) is 122 cm³/mol. The summed E-state index contributed by atoms with van der Waals surface area (Å²) < 4.78 is 10.8. The van der Waals surface area contributed by atoms with Crippen LogP contribution in [0.3, 0.4) is 0 Å². The number of amides is 2. The van der Waals surface area contributed by atoms with Crippen LogP contribution in [-0.4, -0.2) is 43.6 Å². The quantitative estimate of drug-likeness (QED) is 0.578. The van der Waals surface area contributed by atoms with Crippen LogP contribution in [0.1, 0.15) is 25.0 Å². The van der Waals surface area contributed by atoms with Gasteiger partial charge in [0.15, 0.2) is 0 Å². The fourth-order valence-corrected chi connectivity index (χ4v) is 3.36. The number of nitrogens with zero attached hydrogens (tertiary/aromatic N) is 1. The van der Waals surface area contributed by atoms with Crippen molar-refractivity contribution < 1.29 is 19.1 Å². The van der Waals surface area contributed by atoms with E-state index < -0.39 is 5.91 Å². The molecule has 2 aromatic carbocycles. The second-order valence-electron chi connectivity index (χ2n) is 7.82. The number of aryl methyl sites for hydroxylation is 1. The van der Waals surface area contributed by atoms with E-state index in [1.54, 1.807) is 24.3 Å². The van der Waals surface area contributed by atoms with Crippen LogP contribution in [0.4, 0.5) is 5.69 Å². The first-order chi connectivity index (χ1) is 14.8. The summed E-state index contributed by atoms with van der Waals surface area (Å²) in [6, 6.07) is 12.6. The number of carbonyl (C=O) groups is 2. The first-order valence-electron chi connectivity index (χ1n) is 10.2. The lowest BCUT2D eigenvalue weighted by molar-refractivity contribution is -0.137. The number of benzene rings is 2. The minimum atomic E-state index is -0.392. The smallest absolute Gasteiger partial charge is 0.278 e. The second kappa shape index (κ2) is 9.98. The van der Waals surface area contributed by atoms with E-state index in [0.29, 0.717) is 40.1 Å². The molecule has 1 aliphatic rings. The molecule has 1 heterocycles. The highest BCUT2D eigenvalue weighted by atomic mass is 35.5. The number of rotatable bonds is 9. The highest BCUT2D eigenvalue weighted by Crippen LogP contribution is 2.32. The van der Waals surface area contributed by atoms with Gasteiger partial charge in [-0.2, -0.15) is 0 Å². The summed E-state index contributed by atoms with van der Waals surface area (Å²) >= 11 is 6.14. The van der Waals surface area contributed by atoms with E-state index in [1.165, 1.54) is 12.0 Å². The molecule has 1 aliphatic heterocycles. The van der Waals surface area contributed by atoms with E-state index in [4.69, 9.17) is 21.1 Å². The third-order valence-corrected chi connectivity index (χ3v) is 5.11. The average molecular weight is 443 g/mol. The SMILES string of the molecule is COCCN1C(=O)C(Nc2cc(Cl)ccc2C)=C(c2ccc(OCC(C)C)cc2)C1=O. The molecule has 0 saturated heterocycles. The molecular formula is C24H27ClN2O4. The number of hydrogen-bond acceptors (Lipinski definition) is 5. The van der Waals surface area contributed by atoms with Crippen molar-refractivity contribution in [3.63, 3.8) is 0 Å². The normalized spacial score (nSPS) is 14.1. The van der Waals surface area contributed by atoms with Gasteiger partial charge in [0.05, 0.1) is 25.3 Å². The lowest BCUT2D eigenvalue weighted by atomic mass is 10.0. The summed E-state index contributed by atoms with van der Waals surface area (Å²) in [5.41, 5.74) is 2.76. The Hall–Kier alpha value is -2.83. The highest BCUT2D eigenvalue weighted by molar-refractivity contribution is 6.36. The fraction of sp³-hybridized carbons (Fsp3) is 0.333. The van der Waals surface area contributed by atoms with E-state index >= 15 is 0 Å². The number of nitrogens with one attached hydrogen (secondary N) is 1. The van der Waals surface area contributed by atoms with Crippen LogP contribution in [0.5, 0.6) is 5.75 Å². The van der Waals surface area contributed by atoms with Gasteiger partial charge in [-0.25, -0.2) is 0 Å². The molecule has 7 heteroatoms. The maximum Gasteiger partial charge on any atom is 0.278 e. The van der Waals surface area contributed by atoms with Crippen LogP contribution in [0, 0.1) is 12.8 Å². The maximum atomic E-state index is 13.2.